The topological polar surface area (TPSA) is 119 Å². The van der Waals surface area contributed by atoms with E-state index in [1.165, 1.54) is 29.6 Å². The average molecular weight is 491 g/mol. The van der Waals surface area contributed by atoms with E-state index >= 15 is 0 Å². The van der Waals surface area contributed by atoms with Gasteiger partial charge in [-0.3, -0.25) is 4.79 Å². The second kappa shape index (κ2) is 10.8. The third-order valence-electron chi connectivity index (χ3n) is 4.81. The van der Waals surface area contributed by atoms with Crippen LogP contribution >= 0.6 is 11.8 Å². The zero-order valence-electron chi connectivity index (χ0n) is 18.8. The van der Waals surface area contributed by atoms with Crippen LogP contribution in [0.5, 0.6) is 5.75 Å². The zero-order valence-corrected chi connectivity index (χ0v) is 20.5. The summed E-state index contributed by atoms with van der Waals surface area (Å²) in [6, 6.07) is 12.1. The number of amides is 1. The lowest BCUT2D eigenvalue weighted by Crippen LogP contribution is -2.30. The summed E-state index contributed by atoms with van der Waals surface area (Å²) in [7, 11) is -2.23. The number of carbonyl (C=O) groups excluding carboxylic acids is 1. The van der Waals surface area contributed by atoms with E-state index in [1.807, 2.05) is 31.2 Å². The average Bonchev–Trinajstić information content (AvgIpc) is 3.27. The Morgan fingerprint density at radius 1 is 1.18 bits per heavy atom. The van der Waals surface area contributed by atoms with Gasteiger partial charge in [0.25, 0.3) is 0 Å². The lowest BCUT2D eigenvalue weighted by atomic mass is 10.2. The maximum absolute atomic E-state index is 12.9. The number of ether oxygens (including phenoxy) is 1. The number of hydrogen-bond donors (Lipinski definition) is 1. The van der Waals surface area contributed by atoms with Crippen LogP contribution in [0.25, 0.3) is 5.69 Å². The number of aromatic nitrogens is 4. The highest BCUT2D eigenvalue weighted by atomic mass is 32.2. The van der Waals surface area contributed by atoms with Gasteiger partial charge in [-0.15, -0.1) is 5.10 Å². The van der Waals surface area contributed by atoms with Gasteiger partial charge in [0.2, 0.25) is 21.1 Å². The minimum Gasteiger partial charge on any atom is -0.495 e. The number of aryl methyl sites for hydroxylation is 1. The summed E-state index contributed by atoms with van der Waals surface area (Å²) in [5, 5.41) is 14.9. The molecule has 0 aliphatic heterocycles. The third kappa shape index (κ3) is 5.70. The molecule has 0 radical (unpaired) electrons. The van der Waals surface area contributed by atoms with Crippen LogP contribution in [-0.2, 0) is 14.8 Å². The first kappa shape index (κ1) is 24.7. The zero-order chi connectivity index (χ0) is 24.0. The van der Waals surface area contributed by atoms with E-state index in [0.29, 0.717) is 24.0 Å². The highest BCUT2D eigenvalue weighted by molar-refractivity contribution is 7.99. The molecular weight excluding hydrogens is 464 g/mol. The highest BCUT2D eigenvalue weighted by Gasteiger charge is 2.23. The molecule has 0 atom stereocenters. The first-order chi connectivity index (χ1) is 15.8. The van der Waals surface area contributed by atoms with Gasteiger partial charge in [-0.25, -0.2) is 8.42 Å². The molecule has 12 heteroatoms. The Bertz CT molecular complexity index is 1220. The fourth-order valence-electron chi connectivity index (χ4n) is 3.16. The van der Waals surface area contributed by atoms with Crippen LogP contribution in [-0.4, -0.2) is 64.8 Å². The molecule has 0 saturated heterocycles. The third-order valence-corrected chi connectivity index (χ3v) is 7.77. The van der Waals surface area contributed by atoms with Crippen LogP contribution in [0.15, 0.2) is 52.5 Å². The molecule has 0 spiro atoms. The molecule has 1 heterocycles. The van der Waals surface area contributed by atoms with Gasteiger partial charge in [-0.2, -0.15) is 8.99 Å². The van der Waals surface area contributed by atoms with Crippen LogP contribution in [0.1, 0.15) is 19.4 Å². The maximum atomic E-state index is 12.9. The van der Waals surface area contributed by atoms with Crippen molar-refractivity contribution in [1.82, 2.24) is 24.5 Å². The molecule has 0 bridgehead atoms. The predicted octanol–water partition coefficient (Wildman–Crippen LogP) is 2.74. The Kier molecular flexibility index (Phi) is 8.06. The summed E-state index contributed by atoms with van der Waals surface area (Å²) in [6.45, 7) is 6.21. The molecule has 0 unspecified atom stereocenters. The van der Waals surface area contributed by atoms with Crippen molar-refractivity contribution in [3.8, 4) is 11.4 Å². The van der Waals surface area contributed by atoms with E-state index in [9.17, 15) is 13.2 Å². The van der Waals surface area contributed by atoms with E-state index < -0.39 is 10.0 Å². The first-order valence-corrected chi connectivity index (χ1v) is 12.7. The molecule has 33 heavy (non-hydrogen) atoms. The van der Waals surface area contributed by atoms with Gasteiger partial charge in [0.05, 0.1) is 29.1 Å². The second-order valence-corrected chi connectivity index (χ2v) is 9.88. The van der Waals surface area contributed by atoms with Gasteiger partial charge in [0.1, 0.15) is 5.75 Å². The van der Waals surface area contributed by atoms with Crippen molar-refractivity contribution < 1.29 is 17.9 Å². The number of thioether (sulfide) groups is 1. The van der Waals surface area contributed by atoms with Gasteiger partial charge in [-0.1, -0.05) is 37.7 Å². The van der Waals surface area contributed by atoms with Crippen molar-refractivity contribution in [3.05, 3.63) is 48.0 Å². The monoisotopic (exact) mass is 490 g/mol. The van der Waals surface area contributed by atoms with Crippen molar-refractivity contribution >= 4 is 33.4 Å². The molecule has 0 aliphatic rings. The Morgan fingerprint density at radius 3 is 2.61 bits per heavy atom. The molecule has 1 amide bonds. The SMILES string of the molecule is CCN(CC)S(=O)(=O)c1ccc(OC)c(NC(=O)CSc2nnnn2-c2cccc(C)c2)c1. The molecule has 1 N–H and O–H groups in total. The minimum absolute atomic E-state index is 0.0162. The first-order valence-electron chi connectivity index (χ1n) is 10.3. The molecule has 3 rings (SSSR count). The smallest absolute Gasteiger partial charge is 0.243 e. The van der Waals surface area contributed by atoms with Crippen LogP contribution < -0.4 is 10.1 Å². The van der Waals surface area contributed by atoms with E-state index in [0.717, 1.165) is 23.0 Å². The van der Waals surface area contributed by atoms with Gasteiger partial charge in [-0.05, 0) is 53.2 Å². The number of carbonyl (C=O) groups is 1. The van der Waals surface area contributed by atoms with Gasteiger partial charge < -0.3 is 10.1 Å². The van der Waals surface area contributed by atoms with E-state index in [4.69, 9.17) is 4.74 Å². The van der Waals surface area contributed by atoms with Crippen LogP contribution in [0.2, 0.25) is 0 Å². The maximum Gasteiger partial charge on any atom is 0.243 e. The minimum atomic E-state index is -3.68. The van der Waals surface area contributed by atoms with Gasteiger partial charge in [0.15, 0.2) is 0 Å². The Hall–Kier alpha value is -2.96. The lowest BCUT2D eigenvalue weighted by Gasteiger charge is -2.19. The van der Waals surface area contributed by atoms with Crippen molar-refractivity contribution in [3.63, 3.8) is 0 Å². The van der Waals surface area contributed by atoms with Gasteiger partial charge in [0, 0.05) is 13.1 Å². The quantitative estimate of drug-likeness (QED) is 0.431. The molecular formula is C21H26N6O4S2. The molecule has 0 aliphatic carbocycles. The lowest BCUT2D eigenvalue weighted by molar-refractivity contribution is -0.113. The molecule has 1 aromatic heterocycles. The number of rotatable bonds is 10. The standard InChI is InChI=1S/C21H26N6O4S2/c1-5-26(6-2)33(29,30)17-10-11-19(31-4)18(13-17)22-20(28)14-32-21-23-24-25-27(21)16-9-7-8-15(3)12-16/h7-13H,5-6,14H2,1-4H3,(H,22,28). The molecule has 2 aromatic carbocycles. The summed E-state index contributed by atoms with van der Waals surface area (Å²) >= 11 is 1.16. The highest BCUT2D eigenvalue weighted by Crippen LogP contribution is 2.29. The summed E-state index contributed by atoms with van der Waals surface area (Å²) in [5.74, 6) is 0.0217. The molecule has 176 valence electrons. The van der Waals surface area contributed by atoms with Crippen molar-refractivity contribution in [1.29, 1.82) is 0 Å². The fourth-order valence-corrected chi connectivity index (χ4v) is 5.34. The number of tetrazole rings is 1. The molecule has 10 nitrogen and oxygen atoms in total. The number of hydrogen-bond acceptors (Lipinski definition) is 8. The van der Waals surface area contributed by atoms with Crippen LogP contribution in [0.4, 0.5) is 5.69 Å². The van der Waals surface area contributed by atoms with Crippen molar-refractivity contribution in [2.24, 2.45) is 0 Å². The predicted molar refractivity (Wildman–Crippen MR) is 126 cm³/mol. The molecule has 3 aromatic rings. The Morgan fingerprint density at radius 2 is 1.94 bits per heavy atom. The van der Waals surface area contributed by atoms with E-state index in [2.05, 4.69) is 20.8 Å². The number of nitrogens with one attached hydrogen (secondary N) is 1. The largest absolute Gasteiger partial charge is 0.495 e. The number of nitrogens with zero attached hydrogens (tertiary/aromatic N) is 5. The van der Waals surface area contributed by atoms with E-state index in [-0.39, 0.29) is 22.2 Å². The number of methoxy groups -OCH3 is 1. The Balaban J connectivity index is 1.76. The normalized spacial score (nSPS) is 11.5. The van der Waals surface area contributed by atoms with Crippen molar-refractivity contribution in [2.45, 2.75) is 30.8 Å². The number of sulfonamides is 1. The number of anilines is 1. The molecule has 0 fully saturated rings. The van der Waals surface area contributed by atoms with E-state index in [1.54, 1.807) is 18.5 Å². The summed E-state index contributed by atoms with van der Waals surface area (Å²) in [5.41, 5.74) is 2.12. The van der Waals surface area contributed by atoms with Gasteiger partial charge >= 0.3 is 0 Å². The summed E-state index contributed by atoms with van der Waals surface area (Å²) in [6.07, 6.45) is 0. The van der Waals surface area contributed by atoms with Crippen molar-refractivity contribution in [2.75, 3.05) is 31.3 Å². The fraction of sp³-hybridized carbons (Fsp3) is 0.333. The number of benzene rings is 2. The Labute approximate surface area is 197 Å². The summed E-state index contributed by atoms with van der Waals surface area (Å²) < 4.78 is 33.9. The van der Waals surface area contributed by atoms with Crippen LogP contribution in [0.3, 0.4) is 0 Å². The van der Waals surface area contributed by atoms with Crippen LogP contribution in [0, 0.1) is 6.92 Å². The summed E-state index contributed by atoms with van der Waals surface area (Å²) in [4.78, 5) is 12.7. The second-order valence-electron chi connectivity index (χ2n) is 7.00. The molecule has 0 saturated carbocycles.